The molecule has 0 aromatic carbocycles. The van der Waals surface area contributed by atoms with Gasteiger partial charge in [-0.1, -0.05) is 0 Å². The first-order valence-corrected chi connectivity index (χ1v) is 2.41. The van der Waals surface area contributed by atoms with E-state index in [1.807, 2.05) is 0 Å². The fourth-order valence-corrected chi connectivity index (χ4v) is 0.604. The summed E-state index contributed by atoms with van der Waals surface area (Å²) in [7, 11) is 0. The minimum absolute atomic E-state index is 0. The molecular weight excluding hydrogens is 151 g/mol. The molecular formula is C4H10AsN2. The maximum Gasteiger partial charge on any atom is 0.00772 e. The molecule has 0 aromatic rings. The van der Waals surface area contributed by atoms with Gasteiger partial charge in [0.25, 0.3) is 0 Å². The molecule has 1 aliphatic rings. The molecule has 1 fully saturated rings. The zero-order valence-corrected chi connectivity index (χ0v) is 6.15. The fraction of sp³-hybridized carbons (Fsp3) is 1.00. The predicted molar refractivity (Wildman–Crippen MR) is 31.5 cm³/mol. The Kier molecular flexibility index (Phi) is 4.95. The molecule has 0 amide bonds. The Morgan fingerprint density at radius 2 is 1.00 bits per heavy atom. The number of piperazine rings is 1. The van der Waals surface area contributed by atoms with Crippen molar-refractivity contribution in [2.45, 2.75) is 0 Å². The van der Waals surface area contributed by atoms with Crippen LogP contribution in [0.2, 0.25) is 0 Å². The van der Waals surface area contributed by atoms with Crippen molar-refractivity contribution in [1.29, 1.82) is 0 Å². The number of rotatable bonds is 0. The summed E-state index contributed by atoms with van der Waals surface area (Å²) in [6.45, 7) is 4.56. The van der Waals surface area contributed by atoms with Crippen LogP contribution in [-0.4, -0.2) is 44.1 Å². The Balaban J connectivity index is 0.000000360. The van der Waals surface area contributed by atoms with Gasteiger partial charge in [0, 0.05) is 44.1 Å². The van der Waals surface area contributed by atoms with Crippen LogP contribution in [0.15, 0.2) is 0 Å². The number of hydrogen-bond donors (Lipinski definition) is 2. The van der Waals surface area contributed by atoms with Gasteiger partial charge in [-0.2, -0.15) is 0 Å². The first-order chi connectivity index (χ1) is 3.00. The van der Waals surface area contributed by atoms with Crippen LogP contribution < -0.4 is 10.6 Å². The van der Waals surface area contributed by atoms with E-state index in [2.05, 4.69) is 10.6 Å². The average molecular weight is 161 g/mol. The van der Waals surface area contributed by atoms with Crippen molar-refractivity contribution < 1.29 is 0 Å². The molecule has 1 rings (SSSR count). The van der Waals surface area contributed by atoms with E-state index in [4.69, 9.17) is 0 Å². The molecule has 0 aliphatic carbocycles. The second-order valence-corrected chi connectivity index (χ2v) is 1.50. The molecule has 0 bridgehead atoms. The predicted octanol–water partition coefficient (Wildman–Crippen LogP) is -1.20. The number of nitrogens with one attached hydrogen (secondary N) is 2. The van der Waals surface area contributed by atoms with Crippen LogP contribution >= 0.6 is 0 Å². The van der Waals surface area contributed by atoms with Crippen molar-refractivity contribution in [3.05, 3.63) is 0 Å². The first-order valence-electron chi connectivity index (χ1n) is 2.41. The van der Waals surface area contributed by atoms with Crippen LogP contribution in [0.3, 0.4) is 0 Å². The molecule has 41 valence electrons. The van der Waals surface area contributed by atoms with Crippen molar-refractivity contribution in [1.82, 2.24) is 10.6 Å². The summed E-state index contributed by atoms with van der Waals surface area (Å²) in [5.74, 6) is 0. The largest absolute Gasteiger partial charge is 0.314 e. The quantitative estimate of drug-likeness (QED) is 0.436. The Morgan fingerprint density at radius 1 is 0.714 bits per heavy atom. The van der Waals surface area contributed by atoms with E-state index >= 15 is 0 Å². The Bertz CT molecular complexity index is 25.2. The number of hydrogen-bond acceptors (Lipinski definition) is 2. The maximum atomic E-state index is 3.22. The molecule has 2 N–H and O–H groups in total. The second kappa shape index (κ2) is 4.63. The summed E-state index contributed by atoms with van der Waals surface area (Å²) >= 11 is 0. The van der Waals surface area contributed by atoms with Crippen molar-refractivity contribution in [2.24, 2.45) is 0 Å². The second-order valence-electron chi connectivity index (χ2n) is 1.50. The molecule has 0 unspecified atom stereocenters. The Morgan fingerprint density at radius 3 is 1.14 bits per heavy atom. The zero-order chi connectivity index (χ0) is 4.24. The first kappa shape index (κ1) is 7.48. The van der Waals surface area contributed by atoms with E-state index in [0.717, 1.165) is 26.2 Å². The monoisotopic (exact) mass is 161 g/mol. The van der Waals surface area contributed by atoms with Crippen LogP contribution in [-0.2, 0) is 0 Å². The van der Waals surface area contributed by atoms with E-state index < -0.39 is 0 Å². The summed E-state index contributed by atoms with van der Waals surface area (Å²) < 4.78 is 0. The minimum Gasteiger partial charge on any atom is -0.314 e. The van der Waals surface area contributed by atoms with Gasteiger partial charge in [0.2, 0.25) is 0 Å². The van der Waals surface area contributed by atoms with E-state index in [-0.39, 0.29) is 18.0 Å². The van der Waals surface area contributed by atoms with Gasteiger partial charge in [-0.3, -0.25) is 0 Å². The van der Waals surface area contributed by atoms with Gasteiger partial charge in [0.15, 0.2) is 0 Å². The third kappa shape index (κ3) is 3.10. The third-order valence-electron chi connectivity index (χ3n) is 0.957. The van der Waals surface area contributed by atoms with E-state index in [1.165, 1.54) is 0 Å². The third-order valence-corrected chi connectivity index (χ3v) is 0.957. The molecule has 3 heteroatoms. The Labute approximate surface area is 55.4 Å². The van der Waals surface area contributed by atoms with Crippen molar-refractivity contribution in [2.75, 3.05) is 26.2 Å². The molecule has 0 atom stereocenters. The van der Waals surface area contributed by atoms with Gasteiger partial charge < -0.3 is 10.6 Å². The van der Waals surface area contributed by atoms with Crippen molar-refractivity contribution in [3.8, 4) is 0 Å². The normalized spacial score (nSPS) is 20.6. The van der Waals surface area contributed by atoms with Gasteiger partial charge in [-0.05, 0) is 0 Å². The maximum absolute atomic E-state index is 3.22. The molecule has 1 saturated heterocycles. The molecule has 7 heavy (non-hydrogen) atoms. The van der Waals surface area contributed by atoms with Crippen LogP contribution in [0.1, 0.15) is 0 Å². The van der Waals surface area contributed by atoms with Gasteiger partial charge in [0.05, 0.1) is 0 Å². The summed E-state index contributed by atoms with van der Waals surface area (Å²) in [6.07, 6.45) is 0. The smallest absolute Gasteiger partial charge is 0.00772 e. The fourth-order valence-electron chi connectivity index (χ4n) is 0.604. The topological polar surface area (TPSA) is 24.1 Å². The van der Waals surface area contributed by atoms with Crippen LogP contribution in [0, 0.1) is 0 Å². The van der Waals surface area contributed by atoms with Gasteiger partial charge in [-0.25, -0.2) is 0 Å². The summed E-state index contributed by atoms with van der Waals surface area (Å²) in [5.41, 5.74) is 0. The SMILES string of the molecule is C1CNCCN1.[As]. The van der Waals surface area contributed by atoms with E-state index in [1.54, 1.807) is 0 Å². The van der Waals surface area contributed by atoms with Crippen molar-refractivity contribution in [3.63, 3.8) is 0 Å². The molecule has 0 saturated carbocycles. The van der Waals surface area contributed by atoms with E-state index in [9.17, 15) is 0 Å². The zero-order valence-electron chi connectivity index (χ0n) is 4.28. The van der Waals surface area contributed by atoms with Crippen molar-refractivity contribution >= 4 is 18.0 Å². The molecule has 0 spiro atoms. The standard InChI is InChI=1S/C4H10N2.As/c1-2-6-4-3-5-1;/h5-6H,1-4H2;. The Hall–Kier alpha value is 0.478. The molecule has 0 aromatic heterocycles. The summed E-state index contributed by atoms with van der Waals surface area (Å²) in [6, 6.07) is 0. The van der Waals surface area contributed by atoms with Crippen LogP contribution in [0.25, 0.3) is 0 Å². The van der Waals surface area contributed by atoms with Crippen LogP contribution in [0.4, 0.5) is 0 Å². The summed E-state index contributed by atoms with van der Waals surface area (Å²) in [5, 5.41) is 6.44. The molecule has 1 aliphatic heterocycles. The molecule has 1 heterocycles. The van der Waals surface area contributed by atoms with Gasteiger partial charge >= 0.3 is 0 Å². The van der Waals surface area contributed by atoms with Gasteiger partial charge in [0.1, 0.15) is 0 Å². The van der Waals surface area contributed by atoms with E-state index in [0.29, 0.717) is 0 Å². The minimum atomic E-state index is 0. The summed E-state index contributed by atoms with van der Waals surface area (Å²) in [4.78, 5) is 0. The molecule has 3 radical (unpaired) electrons. The molecule has 2 nitrogen and oxygen atoms in total. The average Bonchev–Trinajstić information content (AvgIpc) is 1.72. The van der Waals surface area contributed by atoms with Crippen LogP contribution in [0.5, 0.6) is 0 Å². The van der Waals surface area contributed by atoms with Gasteiger partial charge in [-0.15, -0.1) is 0 Å².